The first kappa shape index (κ1) is 13.3. The number of nitrogens with zero attached hydrogens (tertiary/aromatic N) is 1. The minimum Gasteiger partial charge on any atom is -0.389 e. The highest BCUT2D eigenvalue weighted by atomic mass is 32.1. The van der Waals surface area contributed by atoms with E-state index in [4.69, 9.17) is 0 Å². The monoisotopic (exact) mass is 291 g/mol. The van der Waals surface area contributed by atoms with Crippen LogP contribution in [0, 0.1) is 12.7 Å². The molecule has 3 nitrogen and oxygen atoms in total. The lowest BCUT2D eigenvalue weighted by molar-refractivity contribution is 0.00623. The first-order valence-corrected chi connectivity index (χ1v) is 7.20. The van der Waals surface area contributed by atoms with Gasteiger partial charge in [0.15, 0.2) is 0 Å². The Bertz CT molecular complexity index is 644. The molecule has 0 aliphatic carbocycles. The maximum Gasteiger partial charge on any atom is 0.264 e. The second kappa shape index (κ2) is 5.00. The van der Waals surface area contributed by atoms with E-state index in [2.05, 4.69) is 0 Å². The van der Waals surface area contributed by atoms with Gasteiger partial charge in [-0.25, -0.2) is 4.39 Å². The summed E-state index contributed by atoms with van der Waals surface area (Å²) in [7, 11) is 0. The van der Waals surface area contributed by atoms with Gasteiger partial charge >= 0.3 is 0 Å². The Morgan fingerprint density at radius 2 is 2.00 bits per heavy atom. The van der Waals surface area contributed by atoms with Gasteiger partial charge in [0.1, 0.15) is 5.82 Å². The zero-order valence-electron chi connectivity index (χ0n) is 11.0. The topological polar surface area (TPSA) is 40.5 Å². The van der Waals surface area contributed by atoms with E-state index in [1.165, 1.54) is 23.5 Å². The van der Waals surface area contributed by atoms with Gasteiger partial charge in [-0.2, -0.15) is 0 Å². The molecule has 0 atom stereocenters. The highest BCUT2D eigenvalue weighted by molar-refractivity contribution is 7.14. The smallest absolute Gasteiger partial charge is 0.264 e. The molecule has 1 aliphatic heterocycles. The van der Waals surface area contributed by atoms with E-state index >= 15 is 0 Å². The van der Waals surface area contributed by atoms with Gasteiger partial charge in [-0.15, -0.1) is 11.3 Å². The summed E-state index contributed by atoms with van der Waals surface area (Å²) in [5.74, 6) is -0.315. The normalized spacial score (nSPS) is 15.2. The van der Waals surface area contributed by atoms with Crippen molar-refractivity contribution in [1.29, 1.82) is 0 Å². The van der Waals surface area contributed by atoms with Crippen LogP contribution in [-0.2, 0) is 0 Å². The van der Waals surface area contributed by atoms with Crippen molar-refractivity contribution in [3.05, 3.63) is 45.9 Å². The standard InChI is InChI=1S/C15H14FNO2S/c1-9-13(10-2-4-11(16)5-3-10)6-14(20-9)15(19)17-7-12(18)8-17/h2-6,12,18H,7-8H2,1H3. The Morgan fingerprint density at radius 3 is 2.60 bits per heavy atom. The van der Waals surface area contributed by atoms with Crippen molar-refractivity contribution in [2.75, 3.05) is 13.1 Å². The molecule has 1 amide bonds. The molecular weight excluding hydrogens is 277 g/mol. The van der Waals surface area contributed by atoms with Gasteiger partial charge in [-0.3, -0.25) is 4.79 Å². The molecule has 0 saturated carbocycles. The fourth-order valence-electron chi connectivity index (χ4n) is 2.28. The Balaban J connectivity index is 1.87. The van der Waals surface area contributed by atoms with Crippen LogP contribution in [0.25, 0.3) is 11.1 Å². The van der Waals surface area contributed by atoms with E-state index in [0.29, 0.717) is 18.0 Å². The van der Waals surface area contributed by atoms with Gasteiger partial charge in [-0.05, 0) is 36.2 Å². The van der Waals surface area contributed by atoms with Crippen LogP contribution in [0.2, 0.25) is 0 Å². The van der Waals surface area contributed by atoms with E-state index in [9.17, 15) is 14.3 Å². The van der Waals surface area contributed by atoms with Crippen LogP contribution < -0.4 is 0 Å². The van der Waals surface area contributed by atoms with Crippen LogP contribution in [0.1, 0.15) is 14.5 Å². The first-order chi connectivity index (χ1) is 9.54. The van der Waals surface area contributed by atoms with Gasteiger partial charge in [0.05, 0.1) is 11.0 Å². The van der Waals surface area contributed by atoms with Crippen LogP contribution in [0.4, 0.5) is 4.39 Å². The third kappa shape index (κ3) is 2.34. The molecule has 2 aromatic rings. The molecule has 2 heterocycles. The summed E-state index contributed by atoms with van der Waals surface area (Å²) in [5, 5.41) is 9.25. The van der Waals surface area contributed by atoms with Crippen LogP contribution in [0.15, 0.2) is 30.3 Å². The Kier molecular flexibility index (Phi) is 3.31. The number of rotatable bonds is 2. The third-order valence-corrected chi connectivity index (χ3v) is 4.47. The van der Waals surface area contributed by atoms with Crippen molar-refractivity contribution < 1.29 is 14.3 Å². The fourth-order valence-corrected chi connectivity index (χ4v) is 3.29. The van der Waals surface area contributed by atoms with Crippen LogP contribution in [0.3, 0.4) is 0 Å². The number of hydrogen-bond donors (Lipinski definition) is 1. The number of amides is 1. The predicted octanol–water partition coefficient (Wildman–Crippen LogP) is 2.68. The third-order valence-electron chi connectivity index (χ3n) is 3.43. The summed E-state index contributed by atoms with van der Waals surface area (Å²) in [5.41, 5.74) is 1.86. The molecule has 1 N–H and O–H groups in total. The summed E-state index contributed by atoms with van der Waals surface area (Å²) in [6, 6.07) is 8.11. The molecule has 1 fully saturated rings. The van der Waals surface area contributed by atoms with Crippen LogP contribution in [-0.4, -0.2) is 35.1 Å². The quantitative estimate of drug-likeness (QED) is 0.924. The number of thiophene rings is 1. The highest BCUT2D eigenvalue weighted by Gasteiger charge is 2.30. The van der Waals surface area contributed by atoms with E-state index in [0.717, 1.165) is 16.0 Å². The van der Waals surface area contributed by atoms with E-state index in [1.54, 1.807) is 17.0 Å². The SMILES string of the molecule is Cc1sc(C(=O)N2CC(O)C2)cc1-c1ccc(F)cc1. The van der Waals surface area contributed by atoms with E-state index in [1.807, 2.05) is 13.0 Å². The number of aliphatic hydroxyl groups is 1. The summed E-state index contributed by atoms with van der Waals surface area (Å²) in [4.78, 5) is 15.5. The van der Waals surface area contributed by atoms with E-state index in [-0.39, 0.29) is 11.7 Å². The molecule has 0 spiro atoms. The fraction of sp³-hybridized carbons (Fsp3) is 0.267. The van der Waals surface area contributed by atoms with Crippen LogP contribution in [0.5, 0.6) is 0 Å². The van der Waals surface area contributed by atoms with Crippen molar-refractivity contribution in [2.45, 2.75) is 13.0 Å². The molecule has 1 aliphatic rings. The van der Waals surface area contributed by atoms with Crippen LogP contribution >= 0.6 is 11.3 Å². The second-order valence-corrected chi connectivity index (χ2v) is 6.21. The maximum absolute atomic E-state index is 13.0. The molecule has 0 unspecified atom stereocenters. The number of benzene rings is 1. The van der Waals surface area contributed by atoms with Crippen molar-refractivity contribution in [3.8, 4) is 11.1 Å². The lowest BCUT2D eigenvalue weighted by atomic mass is 10.1. The molecule has 104 valence electrons. The number of aliphatic hydroxyl groups excluding tert-OH is 1. The Labute approximate surface area is 120 Å². The van der Waals surface area contributed by atoms with Crippen molar-refractivity contribution in [3.63, 3.8) is 0 Å². The molecule has 5 heteroatoms. The summed E-state index contributed by atoms with van der Waals surface area (Å²) in [6.07, 6.45) is -0.392. The molecule has 1 aromatic carbocycles. The lowest BCUT2D eigenvalue weighted by Crippen LogP contribution is -2.53. The number of carbonyl (C=O) groups is 1. The minimum absolute atomic E-state index is 0.0447. The summed E-state index contributed by atoms with van der Waals surface area (Å²) < 4.78 is 13.0. The van der Waals surface area contributed by atoms with Gasteiger partial charge in [0.2, 0.25) is 0 Å². The molecule has 20 heavy (non-hydrogen) atoms. The molecule has 3 rings (SSSR count). The van der Waals surface area contributed by atoms with Gasteiger partial charge in [-0.1, -0.05) is 12.1 Å². The summed E-state index contributed by atoms with van der Waals surface area (Å²) >= 11 is 1.43. The Morgan fingerprint density at radius 1 is 1.35 bits per heavy atom. The number of halogens is 1. The zero-order valence-corrected chi connectivity index (χ0v) is 11.8. The number of aryl methyl sites for hydroxylation is 1. The zero-order chi connectivity index (χ0) is 14.3. The molecule has 1 saturated heterocycles. The van der Waals surface area contributed by atoms with Gasteiger partial charge < -0.3 is 10.0 Å². The molecular formula is C15H14FNO2S. The first-order valence-electron chi connectivity index (χ1n) is 6.38. The Hall–Kier alpha value is -1.72. The minimum atomic E-state index is -0.392. The molecule has 0 radical (unpaired) electrons. The van der Waals surface area contributed by atoms with Gasteiger partial charge in [0, 0.05) is 18.0 Å². The summed E-state index contributed by atoms with van der Waals surface area (Å²) in [6.45, 7) is 2.76. The van der Waals surface area contributed by atoms with Crippen molar-refractivity contribution in [1.82, 2.24) is 4.90 Å². The lowest BCUT2D eigenvalue weighted by Gasteiger charge is -2.35. The van der Waals surface area contributed by atoms with Crippen molar-refractivity contribution >= 4 is 17.2 Å². The second-order valence-electron chi connectivity index (χ2n) is 4.95. The van der Waals surface area contributed by atoms with Crippen molar-refractivity contribution in [2.24, 2.45) is 0 Å². The maximum atomic E-state index is 13.0. The predicted molar refractivity (Wildman–Crippen MR) is 76.4 cm³/mol. The highest BCUT2D eigenvalue weighted by Crippen LogP contribution is 2.32. The average Bonchev–Trinajstić information content (AvgIpc) is 2.77. The average molecular weight is 291 g/mol. The number of likely N-dealkylation sites (tertiary alicyclic amines) is 1. The number of β-amino-alcohol motifs (C(OH)–C–C–N with tert-alkyl or cyclic N) is 1. The largest absolute Gasteiger partial charge is 0.389 e. The van der Waals surface area contributed by atoms with E-state index < -0.39 is 6.10 Å². The molecule has 0 bridgehead atoms. The number of carbonyl (C=O) groups excluding carboxylic acids is 1. The van der Waals surface area contributed by atoms with Gasteiger partial charge in [0.25, 0.3) is 5.91 Å². The molecule has 1 aromatic heterocycles. The number of hydrogen-bond acceptors (Lipinski definition) is 3.